The van der Waals surface area contributed by atoms with Crippen LogP contribution in [0, 0.1) is 11.3 Å². The Bertz CT molecular complexity index is 920. The number of methoxy groups -OCH3 is 1. The molecule has 2 amide bonds. The van der Waals surface area contributed by atoms with Gasteiger partial charge in [0, 0.05) is 13.7 Å². The molecule has 0 saturated carbocycles. The summed E-state index contributed by atoms with van der Waals surface area (Å²) in [5.41, 5.74) is 1.14. The van der Waals surface area contributed by atoms with Crippen molar-refractivity contribution in [3.05, 3.63) is 64.7 Å². The molecule has 2 aromatic carbocycles. The molecule has 0 aromatic heterocycles. The average molecular weight is 414 g/mol. The van der Waals surface area contributed by atoms with Gasteiger partial charge in [-0.2, -0.15) is 5.26 Å². The normalized spacial score (nSPS) is 10.7. The highest BCUT2D eigenvalue weighted by atomic mass is 35.5. The van der Waals surface area contributed by atoms with Crippen molar-refractivity contribution in [3.8, 4) is 11.8 Å². The summed E-state index contributed by atoms with van der Waals surface area (Å²) < 4.78 is 10.3. The van der Waals surface area contributed by atoms with E-state index in [0.717, 1.165) is 0 Å². The fraction of sp³-hybridized carbons (Fsp3) is 0.190. The van der Waals surface area contributed by atoms with E-state index in [0.29, 0.717) is 35.2 Å². The van der Waals surface area contributed by atoms with E-state index in [4.69, 9.17) is 26.3 Å². The molecule has 2 rings (SSSR count). The van der Waals surface area contributed by atoms with Crippen LogP contribution in [0.15, 0.2) is 54.1 Å². The van der Waals surface area contributed by atoms with Crippen LogP contribution >= 0.6 is 11.6 Å². The number of nitrogens with zero attached hydrogens (tertiary/aromatic N) is 1. The van der Waals surface area contributed by atoms with Gasteiger partial charge in [-0.25, -0.2) is 0 Å². The number of para-hydroxylation sites is 1. The molecule has 29 heavy (non-hydrogen) atoms. The molecule has 0 heterocycles. The molecule has 0 atom stereocenters. The Kier molecular flexibility index (Phi) is 8.70. The first-order chi connectivity index (χ1) is 14.0. The van der Waals surface area contributed by atoms with Crippen molar-refractivity contribution in [2.24, 2.45) is 0 Å². The van der Waals surface area contributed by atoms with E-state index in [1.807, 2.05) is 6.07 Å². The summed E-state index contributed by atoms with van der Waals surface area (Å²) in [5, 5.41) is 14.9. The minimum absolute atomic E-state index is 0.0195. The standard InChI is InChI=1S/C21H20ClN3O4/c1-28-11-10-24-21(27)16(13-23)12-15-6-8-17(9-7-15)29-14-20(26)25-19-5-3-2-4-18(19)22/h2-9,12H,10-11,14H2,1H3,(H,24,27)(H,25,26)/b16-12+. The lowest BCUT2D eigenvalue weighted by Crippen LogP contribution is -2.27. The van der Waals surface area contributed by atoms with Crippen LogP contribution in [0.4, 0.5) is 5.69 Å². The van der Waals surface area contributed by atoms with E-state index in [1.165, 1.54) is 13.2 Å². The van der Waals surface area contributed by atoms with Gasteiger partial charge in [0.1, 0.15) is 17.4 Å². The van der Waals surface area contributed by atoms with Crippen molar-refractivity contribution in [2.45, 2.75) is 0 Å². The van der Waals surface area contributed by atoms with Crippen LogP contribution in [0.25, 0.3) is 6.08 Å². The second-order valence-corrected chi connectivity index (χ2v) is 6.21. The number of carbonyl (C=O) groups excluding carboxylic acids is 2. The zero-order chi connectivity index (χ0) is 21.1. The van der Waals surface area contributed by atoms with Crippen molar-refractivity contribution >= 4 is 35.2 Å². The van der Waals surface area contributed by atoms with E-state index in [9.17, 15) is 9.59 Å². The molecule has 0 spiro atoms. The molecule has 0 saturated heterocycles. The highest BCUT2D eigenvalue weighted by Gasteiger charge is 2.09. The number of carbonyl (C=O) groups is 2. The Hall–Kier alpha value is -3.34. The first-order valence-electron chi connectivity index (χ1n) is 8.69. The lowest BCUT2D eigenvalue weighted by molar-refractivity contribution is -0.118. The summed E-state index contributed by atoms with van der Waals surface area (Å²) in [7, 11) is 1.53. The molecule has 0 aliphatic heterocycles. The van der Waals surface area contributed by atoms with Crippen molar-refractivity contribution in [3.63, 3.8) is 0 Å². The smallest absolute Gasteiger partial charge is 0.262 e. The minimum Gasteiger partial charge on any atom is -0.484 e. The summed E-state index contributed by atoms with van der Waals surface area (Å²) in [6.07, 6.45) is 1.47. The quantitative estimate of drug-likeness (QED) is 0.374. The highest BCUT2D eigenvalue weighted by Crippen LogP contribution is 2.20. The third-order valence-electron chi connectivity index (χ3n) is 3.67. The number of benzene rings is 2. The number of anilines is 1. The van der Waals surface area contributed by atoms with E-state index in [2.05, 4.69) is 10.6 Å². The molecule has 0 radical (unpaired) electrons. The Labute approximate surface area is 173 Å². The summed E-state index contributed by atoms with van der Waals surface area (Å²) in [4.78, 5) is 23.9. The largest absolute Gasteiger partial charge is 0.484 e. The molecule has 150 valence electrons. The first-order valence-corrected chi connectivity index (χ1v) is 9.07. The first kappa shape index (κ1) is 22.0. The molecule has 8 heteroatoms. The van der Waals surface area contributed by atoms with E-state index in [-0.39, 0.29) is 18.1 Å². The predicted molar refractivity (Wildman–Crippen MR) is 110 cm³/mol. The predicted octanol–water partition coefficient (Wildman–Crippen LogP) is 3.03. The molecule has 0 unspecified atom stereocenters. The molecule has 0 aliphatic carbocycles. The van der Waals surface area contributed by atoms with Gasteiger partial charge in [-0.15, -0.1) is 0 Å². The molecule has 2 aromatic rings. The zero-order valence-electron chi connectivity index (χ0n) is 15.8. The number of nitriles is 1. The van der Waals surface area contributed by atoms with Crippen LogP contribution in [0.2, 0.25) is 5.02 Å². The Morgan fingerprint density at radius 1 is 1.17 bits per heavy atom. The number of hydrogen-bond donors (Lipinski definition) is 2. The zero-order valence-corrected chi connectivity index (χ0v) is 16.5. The van der Waals surface area contributed by atoms with Gasteiger partial charge in [-0.3, -0.25) is 9.59 Å². The molecule has 0 fully saturated rings. The second kappa shape index (κ2) is 11.5. The number of hydrogen-bond acceptors (Lipinski definition) is 5. The van der Waals surface area contributed by atoms with Crippen molar-refractivity contribution in [1.82, 2.24) is 5.32 Å². The van der Waals surface area contributed by atoms with Crippen LogP contribution in [-0.4, -0.2) is 38.7 Å². The maximum atomic E-state index is 12.0. The molecular weight excluding hydrogens is 394 g/mol. The van der Waals surface area contributed by atoms with Crippen LogP contribution < -0.4 is 15.4 Å². The summed E-state index contributed by atoms with van der Waals surface area (Å²) in [6, 6.07) is 15.4. The monoisotopic (exact) mass is 413 g/mol. The fourth-order valence-corrected chi connectivity index (χ4v) is 2.42. The van der Waals surface area contributed by atoms with E-state index >= 15 is 0 Å². The van der Waals surface area contributed by atoms with Crippen LogP contribution in [0.3, 0.4) is 0 Å². The SMILES string of the molecule is COCCNC(=O)/C(C#N)=C/c1ccc(OCC(=O)Nc2ccccc2Cl)cc1. The number of rotatable bonds is 9. The molecule has 0 bridgehead atoms. The minimum atomic E-state index is -0.471. The van der Waals surface area contributed by atoms with Crippen molar-refractivity contribution in [1.29, 1.82) is 5.26 Å². The number of amides is 2. The van der Waals surface area contributed by atoms with Gasteiger partial charge in [0.2, 0.25) is 0 Å². The average Bonchev–Trinajstić information content (AvgIpc) is 2.73. The van der Waals surface area contributed by atoms with E-state index < -0.39 is 5.91 Å². The number of ether oxygens (including phenoxy) is 2. The van der Waals surface area contributed by atoms with E-state index in [1.54, 1.807) is 48.5 Å². The summed E-state index contributed by atoms with van der Waals surface area (Å²) in [6.45, 7) is 0.490. The van der Waals surface area contributed by atoms with Gasteiger partial charge in [0.05, 0.1) is 17.3 Å². The lowest BCUT2D eigenvalue weighted by Gasteiger charge is -2.09. The molecule has 2 N–H and O–H groups in total. The second-order valence-electron chi connectivity index (χ2n) is 5.80. The van der Waals surface area contributed by atoms with Gasteiger partial charge in [-0.1, -0.05) is 35.9 Å². The van der Waals surface area contributed by atoms with Crippen LogP contribution in [-0.2, 0) is 14.3 Å². The third-order valence-corrected chi connectivity index (χ3v) is 4.00. The van der Waals surface area contributed by atoms with Gasteiger partial charge < -0.3 is 20.1 Å². The Morgan fingerprint density at radius 2 is 1.90 bits per heavy atom. The third kappa shape index (κ3) is 7.30. The lowest BCUT2D eigenvalue weighted by atomic mass is 10.1. The molecule has 7 nitrogen and oxygen atoms in total. The maximum absolute atomic E-state index is 12.0. The summed E-state index contributed by atoms with van der Waals surface area (Å²) >= 11 is 6.00. The van der Waals surface area contributed by atoms with Crippen LogP contribution in [0.5, 0.6) is 5.75 Å². The molecule has 0 aliphatic rings. The van der Waals surface area contributed by atoms with Gasteiger partial charge in [-0.05, 0) is 35.9 Å². The van der Waals surface area contributed by atoms with Crippen molar-refractivity contribution < 1.29 is 19.1 Å². The maximum Gasteiger partial charge on any atom is 0.262 e. The Balaban J connectivity index is 1.90. The number of nitrogens with one attached hydrogen (secondary N) is 2. The number of halogens is 1. The van der Waals surface area contributed by atoms with Crippen molar-refractivity contribution in [2.75, 3.05) is 32.2 Å². The molecular formula is C21H20ClN3O4. The van der Waals surface area contributed by atoms with Gasteiger partial charge in [0.25, 0.3) is 11.8 Å². The Morgan fingerprint density at radius 3 is 2.55 bits per heavy atom. The van der Waals surface area contributed by atoms with Gasteiger partial charge >= 0.3 is 0 Å². The fourth-order valence-electron chi connectivity index (χ4n) is 2.24. The highest BCUT2D eigenvalue weighted by molar-refractivity contribution is 6.33. The summed E-state index contributed by atoms with van der Waals surface area (Å²) in [5.74, 6) is -0.345. The van der Waals surface area contributed by atoms with Crippen LogP contribution in [0.1, 0.15) is 5.56 Å². The topological polar surface area (TPSA) is 100 Å². The van der Waals surface area contributed by atoms with Gasteiger partial charge in [0.15, 0.2) is 6.61 Å².